The van der Waals surface area contributed by atoms with Gasteiger partial charge in [0.1, 0.15) is 23.1 Å². The highest BCUT2D eigenvalue weighted by Crippen LogP contribution is 2.30. The van der Waals surface area contributed by atoms with Crippen LogP contribution in [-0.2, 0) is 4.79 Å². The zero-order chi connectivity index (χ0) is 15.4. The number of amides is 1. The summed E-state index contributed by atoms with van der Waals surface area (Å²) < 4.78 is 10.6. The summed E-state index contributed by atoms with van der Waals surface area (Å²) >= 11 is 0. The molecule has 0 bridgehead atoms. The van der Waals surface area contributed by atoms with Crippen LogP contribution in [0.25, 0.3) is 6.08 Å². The second-order valence-electron chi connectivity index (χ2n) is 4.98. The molecule has 2 rings (SSSR count). The zero-order valence-electron chi connectivity index (χ0n) is 12.4. The van der Waals surface area contributed by atoms with Gasteiger partial charge in [-0.2, -0.15) is 5.26 Å². The maximum atomic E-state index is 12.0. The van der Waals surface area contributed by atoms with Gasteiger partial charge in [0.2, 0.25) is 0 Å². The molecule has 1 aliphatic carbocycles. The van der Waals surface area contributed by atoms with Gasteiger partial charge in [0.25, 0.3) is 5.91 Å². The van der Waals surface area contributed by atoms with Gasteiger partial charge >= 0.3 is 0 Å². The van der Waals surface area contributed by atoms with Crippen molar-refractivity contribution < 1.29 is 14.3 Å². The fourth-order valence-corrected chi connectivity index (χ4v) is 1.98. The van der Waals surface area contributed by atoms with Crippen LogP contribution in [0, 0.1) is 18.3 Å². The normalized spacial score (nSPS) is 14.3. The first-order chi connectivity index (χ1) is 10.1. The number of aryl methyl sites for hydroxylation is 1. The minimum absolute atomic E-state index is 0.0612. The van der Waals surface area contributed by atoms with Crippen molar-refractivity contribution >= 4 is 12.0 Å². The number of benzene rings is 1. The van der Waals surface area contributed by atoms with Crippen LogP contribution in [0.15, 0.2) is 17.7 Å². The Kier molecular flexibility index (Phi) is 4.49. The number of hydrogen-bond donors (Lipinski definition) is 1. The Morgan fingerprint density at radius 3 is 2.52 bits per heavy atom. The number of methoxy groups -OCH3 is 2. The Balaban J connectivity index is 2.36. The molecule has 0 atom stereocenters. The number of carbonyl (C=O) groups is 1. The van der Waals surface area contributed by atoms with Crippen LogP contribution in [0.5, 0.6) is 11.5 Å². The Hall–Kier alpha value is -2.48. The Bertz CT molecular complexity index is 625. The van der Waals surface area contributed by atoms with Crippen LogP contribution >= 0.6 is 0 Å². The number of rotatable bonds is 5. The van der Waals surface area contributed by atoms with E-state index in [9.17, 15) is 10.1 Å². The van der Waals surface area contributed by atoms with E-state index in [1.54, 1.807) is 20.3 Å². The standard InChI is InChI=1S/C16H18N2O3/c1-10-6-15(21-3)11(8-14(10)20-2)7-12(9-17)16(19)18-13-4-5-13/h6-8,13H,4-5H2,1-3H3,(H,18,19)/b12-7+. The highest BCUT2D eigenvalue weighted by molar-refractivity contribution is 6.02. The lowest BCUT2D eigenvalue weighted by molar-refractivity contribution is -0.117. The van der Waals surface area contributed by atoms with Gasteiger partial charge in [-0.15, -0.1) is 0 Å². The minimum Gasteiger partial charge on any atom is -0.496 e. The highest BCUT2D eigenvalue weighted by atomic mass is 16.5. The number of nitriles is 1. The molecule has 1 aromatic rings. The molecule has 21 heavy (non-hydrogen) atoms. The van der Waals surface area contributed by atoms with Crippen molar-refractivity contribution in [3.63, 3.8) is 0 Å². The maximum absolute atomic E-state index is 12.0. The van der Waals surface area contributed by atoms with E-state index in [4.69, 9.17) is 9.47 Å². The van der Waals surface area contributed by atoms with Crippen LogP contribution in [0.1, 0.15) is 24.0 Å². The van der Waals surface area contributed by atoms with Gasteiger partial charge in [0.05, 0.1) is 14.2 Å². The van der Waals surface area contributed by atoms with E-state index in [0.29, 0.717) is 17.1 Å². The Labute approximate surface area is 124 Å². The summed E-state index contributed by atoms with van der Waals surface area (Å²) in [5.41, 5.74) is 1.63. The summed E-state index contributed by atoms with van der Waals surface area (Å²) in [5.74, 6) is 0.934. The van der Waals surface area contributed by atoms with Crippen molar-refractivity contribution in [2.75, 3.05) is 14.2 Å². The van der Waals surface area contributed by atoms with E-state index in [-0.39, 0.29) is 17.5 Å². The molecule has 0 unspecified atom stereocenters. The molecule has 1 N–H and O–H groups in total. The van der Waals surface area contributed by atoms with Crippen LogP contribution in [0.3, 0.4) is 0 Å². The van der Waals surface area contributed by atoms with Crippen molar-refractivity contribution in [2.24, 2.45) is 0 Å². The fraction of sp³-hybridized carbons (Fsp3) is 0.375. The van der Waals surface area contributed by atoms with Gasteiger partial charge in [-0.05, 0) is 43.5 Å². The summed E-state index contributed by atoms with van der Waals surface area (Å²) in [4.78, 5) is 12.0. The topological polar surface area (TPSA) is 71.3 Å². The molecular weight excluding hydrogens is 268 g/mol. The zero-order valence-corrected chi connectivity index (χ0v) is 12.4. The van der Waals surface area contributed by atoms with E-state index >= 15 is 0 Å². The summed E-state index contributed by atoms with van der Waals surface area (Å²) in [7, 11) is 3.13. The predicted octanol–water partition coefficient (Wildman–Crippen LogP) is 2.20. The lowest BCUT2D eigenvalue weighted by Crippen LogP contribution is -2.26. The molecule has 1 aromatic carbocycles. The molecule has 5 nitrogen and oxygen atoms in total. The van der Waals surface area contributed by atoms with Gasteiger partial charge in [-0.3, -0.25) is 4.79 Å². The number of hydrogen-bond acceptors (Lipinski definition) is 4. The Morgan fingerprint density at radius 1 is 1.33 bits per heavy atom. The monoisotopic (exact) mass is 286 g/mol. The van der Waals surface area contributed by atoms with E-state index in [1.165, 1.54) is 6.08 Å². The molecular formula is C16H18N2O3. The van der Waals surface area contributed by atoms with Crippen molar-refractivity contribution in [3.05, 3.63) is 28.8 Å². The first kappa shape index (κ1) is 14.9. The molecule has 1 aliphatic rings. The van der Waals surface area contributed by atoms with Crippen LogP contribution < -0.4 is 14.8 Å². The summed E-state index contributed by atoms with van der Waals surface area (Å²) in [6.45, 7) is 1.90. The molecule has 0 radical (unpaired) electrons. The second-order valence-corrected chi connectivity index (χ2v) is 4.98. The number of carbonyl (C=O) groups excluding carboxylic acids is 1. The smallest absolute Gasteiger partial charge is 0.262 e. The third-order valence-electron chi connectivity index (χ3n) is 3.32. The van der Waals surface area contributed by atoms with E-state index in [0.717, 1.165) is 18.4 Å². The lowest BCUT2D eigenvalue weighted by atomic mass is 10.1. The lowest BCUT2D eigenvalue weighted by Gasteiger charge is -2.11. The highest BCUT2D eigenvalue weighted by Gasteiger charge is 2.25. The van der Waals surface area contributed by atoms with E-state index < -0.39 is 0 Å². The van der Waals surface area contributed by atoms with Gasteiger partial charge in [-0.25, -0.2) is 0 Å². The summed E-state index contributed by atoms with van der Waals surface area (Å²) in [6, 6.07) is 5.73. The minimum atomic E-state index is -0.346. The van der Waals surface area contributed by atoms with Crippen LogP contribution in [-0.4, -0.2) is 26.2 Å². The largest absolute Gasteiger partial charge is 0.496 e. The van der Waals surface area contributed by atoms with Gasteiger partial charge in [0.15, 0.2) is 0 Å². The predicted molar refractivity (Wildman–Crippen MR) is 79.0 cm³/mol. The van der Waals surface area contributed by atoms with E-state index in [2.05, 4.69) is 5.32 Å². The molecule has 0 heterocycles. The van der Waals surface area contributed by atoms with Crippen molar-refractivity contribution in [1.29, 1.82) is 5.26 Å². The maximum Gasteiger partial charge on any atom is 0.262 e. The van der Waals surface area contributed by atoms with Crippen molar-refractivity contribution in [3.8, 4) is 17.6 Å². The first-order valence-corrected chi connectivity index (χ1v) is 6.74. The average molecular weight is 286 g/mol. The van der Waals surface area contributed by atoms with Crippen molar-refractivity contribution in [2.45, 2.75) is 25.8 Å². The molecule has 0 aromatic heterocycles. The summed E-state index contributed by atoms with van der Waals surface area (Å²) in [6.07, 6.45) is 3.48. The average Bonchev–Trinajstić information content (AvgIpc) is 3.29. The molecule has 0 saturated heterocycles. The first-order valence-electron chi connectivity index (χ1n) is 6.74. The van der Waals surface area contributed by atoms with Crippen molar-refractivity contribution in [1.82, 2.24) is 5.32 Å². The molecule has 0 spiro atoms. The molecule has 0 aliphatic heterocycles. The van der Waals surface area contributed by atoms with Gasteiger partial charge in [0, 0.05) is 11.6 Å². The third kappa shape index (κ3) is 3.54. The summed E-state index contributed by atoms with van der Waals surface area (Å²) in [5, 5.41) is 12.0. The molecule has 1 fully saturated rings. The number of ether oxygens (including phenoxy) is 2. The quantitative estimate of drug-likeness (QED) is 0.665. The fourth-order valence-electron chi connectivity index (χ4n) is 1.98. The van der Waals surface area contributed by atoms with Crippen LogP contribution in [0.2, 0.25) is 0 Å². The molecule has 110 valence electrons. The van der Waals surface area contributed by atoms with Crippen LogP contribution in [0.4, 0.5) is 0 Å². The van der Waals surface area contributed by atoms with E-state index in [1.807, 2.05) is 19.1 Å². The second kappa shape index (κ2) is 6.31. The third-order valence-corrected chi connectivity index (χ3v) is 3.32. The van der Waals surface area contributed by atoms with Gasteiger partial charge < -0.3 is 14.8 Å². The Morgan fingerprint density at radius 2 is 2.00 bits per heavy atom. The number of nitrogens with zero attached hydrogens (tertiary/aromatic N) is 1. The molecule has 1 amide bonds. The number of nitrogens with one attached hydrogen (secondary N) is 1. The molecule has 1 saturated carbocycles. The van der Waals surface area contributed by atoms with Gasteiger partial charge in [-0.1, -0.05) is 0 Å². The SMILES string of the molecule is COc1cc(/C=C(\C#N)C(=O)NC2CC2)c(OC)cc1C. The molecule has 5 heteroatoms.